The minimum Gasteiger partial charge on any atom is -0.315 e. The third-order valence-electron chi connectivity index (χ3n) is 1.66. The Hall–Kier alpha value is 0.310. The first kappa shape index (κ1) is 12.3. The molecule has 0 amide bonds. The maximum atomic E-state index is 3.42. The summed E-state index contributed by atoms with van der Waals surface area (Å²) in [6.07, 6.45) is 4.02. The van der Waals surface area contributed by atoms with E-state index in [2.05, 4.69) is 37.8 Å². The molecule has 0 radical (unpaired) electrons. The molecule has 12 heavy (non-hydrogen) atoms. The van der Waals surface area contributed by atoms with Crippen molar-refractivity contribution in [2.45, 2.75) is 46.1 Å². The second kappa shape index (κ2) is 9.40. The van der Waals surface area contributed by atoms with Crippen molar-refractivity contribution in [1.82, 2.24) is 5.32 Å². The molecule has 0 aliphatic heterocycles. The summed E-state index contributed by atoms with van der Waals surface area (Å²) in [6.45, 7) is 7.83. The van der Waals surface area contributed by atoms with Crippen molar-refractivity contribution in [3.05, 3.63) is 0 Å². The lowest BCUT2D eigenvalue weighted by atomic mass is 10.4. The van der Waals surface area contributed by atoms with Crippen LogP contribution in [0.15, 0.2) is 0 Å². The molecular weight excluding hydrogens is 166 g/mol. The molecule has 0 rings (SSSR count). The van der Waals surface area contributed by atoms with Gasteiger partial charge in [0, 0.05) is 6.04 Å². The summed E-state index contributed by atoms with van der Waals surface area (Å²) in [5.41, 5.74) is 0. The molecule has 0 spiro atoms. The van der Waals surface area contributed by atoms with Gasteiger partial charge in [-0.2, -0.15) is 11.8 Å². The normalized spacial score (nSPS) is 11.0. The summed E-state index contributed by atoms with van der Waals surface area (Å²) >= 11 is 2.09. The monoisotopic (exact) mass is 189 g/mol. The van der Waals surface area contributed by atoms with Crippen LogP contribution in [-0.4, -0.2) is 24.1 Å². The standard InChI is InChI=1S/C10H23NS/c1-4-5-8-12-9-6-7-11-10(2)3/h10-11H,4-9H2,1-3H3. The summed E-state index contributed by atoms with van der Waals surface area (Å²) < 4.78 is 0. The van der Waals surface area contributed by atoms with Gasteiger partial charge in [-0.3, -0.25) is 0 Å². The molecule has 0 saturated heterocycles. The minimum absolute atomic E-state index is 0.644. The molecule has 2 heteroatoms. The van der Waals surface area contributed by atoms with E-state index in [9.17, 15) is 0 Å². The Morgan fingerprint density at radius 1 is 1.17 bits per heavy atom. The first-order valence-electron chi connectivity index (χ1n) is 5.08. The molecule has 0 bridgehead atoms. The fraction of sp³-hybridized carbons (Fsp3) is 1.00. The van der Waals surface area contributed by atoms with Gasteiger partial charge >= 0.3 is 0 Å². The summed E-state index contributed by atoms with van der Waals surface area (Å²) in [5, 5.41) is 3.42. The van der Waals surface area contributed by atoms with E-state index in [1.165, 1.54) is 37.3 Å². The van der Waals surface area contributed by atoms with Gasteiger partial charge in [-0.05, 0) is 30.9 Å². The quantitative estimate of drug-likeness (QED) is 0.589. The number of hydrogen-bond donors (Lipinski definition) is 1. The molecule has 1 nitrogen and oxygen atoms in total. The lowest BCUT2D eigenvalue weighted by Crippen LogP contribution is -2.23. The SMILES string of the molecule is CCCCSCCCNC(C)C. The molecular formula is C10H23NS. The first-order chi connectivity index (χ1) is 5.77. The molecule has 0 fully saturated rings. The average molecular weight is 189 g/mol. The van der Waals surface area contributed by atoms with Crippen LogP contribution in [0.2, 0.25) is 0 Å². The molecule has 0 aromatic heterocycles. The Labute approximate surface area is 81.7 Å². The van der Waals surface area contributed by atoms with E-state index in [1.807, 2.05) is 0 Å². The van der Waals surface area contributed by atoms with Crippen LogP contribution in [0.3, 0.4) is 0 Å². The lowest BCUT2D eigenvalue weighted by molar-refractivity contribution is 0.586. The Morgan fingerprint density at radius 3 is 2.42 bits per heavy atom. The largest absolute Gasteiger partial charge is 0.315 e. The van der Waals surface area contributed by atoms with Crippen molar-refractivity contribution in [2.75, 3.05) is 18.1 Å². The van der Waals surface area contributed by atoms with E-state index in [1.54, 1.807) is 0 Å². The number of thioether (sulfide) groups is 1. The van der Waals surface area contributed by atoms with Gasteiger partial charge in [0.05, 0.1) is 0 Å². The van der Waals surface area contributed by atoms with Gasteiger partial charge in [0.2, 0.25) is 0 Å². The molecule has 74 valence electrons. The van der Waals surface area contributed by atoms with Gasteiger partial charge in [-0.1, -0.05) is 27.2 Å². The molecule has 0 unspecified atom stereocenters. The van der Waals surface area contributed by atoms with Crippen molar-refractivity contribution < 1.29 is 0 Å². The maximum Gasteiger partial charge on any atom is 0.00103 e. The van der Waals surface area contributed by atoms with E-state index >= 15 is 0 Å². The molecule has 0 atom stereocenters. The third-order valence-corrected chi connectivity index (χ3v) is 2.81. The molecule has 0 aliphatic rings. The first-order valence-corrected chi connectivity index (χ1v) is 6.24. The Morgan fingerprint density at radius 2 is 1.83 bits per heavy atom. The summed E-state index contributed by atoms with van der Waals surface area (Å²) in [5.74, 6) is 2.66. The molecule has 0 aliphatic carbocycles. The van der Waals surface area contributed by atoms with Gasteiger partial charge in [0.1, 0.15) is 0 Å². The Kier molecular flexibility index (Phi) is 9.64. The van der Waals surface area contributed by atoms with Gasteiger partial charge in [-0.15, -0.1) is 0 Å². The predicted molar refractivity (Wildman–Crippen MR) is 60.0 cm³/mol. The van der Waals surface area contributed by atoms with Crippen molar-refractivity contribution in [3.63, 3.8) is 0 Å². The fourth-order valence-electron chi connectivity index (χ4n) is 0.913. The summed E-state index contributed by atoms with van der Waals surface area (Å²) in [4.78, 5) is 0. The smallest absolute Gasteiger partial charge is 0.00103 e. The highest BCUT2D eigenvalue weighted by atomic mass is 32.2. The fourth-order valence-corrected chi connectivity index (χ4v) is 1.96. The van der Waals surface area contributed by atoms with Crippen LogP contribution in [0, 0.1) is 0 Å². The van der Waals surface area contributed by atoms with Gasteiger partial charge < -0.3 is 5.32 Å². The Bertz CT molecular complexity index is 83.9. The van der Waals surface area contributed by atoms with E-state index in [0.717, 1.165) is 0 Å². The molecule has 1 N–H and O–H groups in total. The Balaban J connectivity index is 2.82. The second-order valence-electron chi connectivity index (χ2n) is 3.43. The summed E-state index contributed by atoms with van der Waals surface area (Å²) in [7, 11) is 0. The third kappa shape index (κ3) is 10.3. The van der Waals surface area contributed by atoms with Crippen LogP contribution in [0.1, 0.15) is 40.0 Å². The number of rotatable bonds is 8. The van der Waals surface area contributed by atoms with Crippen molar-refractivity contribution in [3.8, 4) is 0 Å². The van der Waals surface area contributed by atoms with Gasteiger partial charge in [0.15, 0.2) is 0 Å². The van der Waals surface area contributed by atoms with E-state index in [-0.39, 0.29) is 0 Å². The number of hydrogen-bond acceptors (Lipinski definition) is 2. The zero-order valence-corrected chi connectivity index (χ0v) is 9.54. The number of unbranched alkanes of at least 4 members (excludes halogenated alkanes) is 1. The maximum absolute atomic E-state index is 3.42. The van der Waals surface area contributed by atoms with Crippen LogP contribution >= 0.6 is 11.8 Å². The van der Waals surface area contributed by atoms with Gasteiger partial charge in [0.25, 0.3) is 0 Å². The summed E-state index contributed by atoms with van der Waals surface area (Å²) in [6, 6.07) is 0.644. The molecule has 0 saturated carbocycles. The van der Waals surface area contributed by atoms with Crippen LogP contribution in [-0.2, 0) is 0 Å². The predicted octanol–water partition coefficient (Wildman–Crippen LogP) is 2.91. The molecule has 0 aromatic carbocycles. The van der Waals surface area contributed by atoms with Crippen molar-refractivity contribution in [1.29, 1.82) is 0 Å². The van der Waals surface area contributed by atoms with E-state index in [4.69, 9.17) is 0 Å². The highest BCUT2D eigenvalue weighted by molar-refractivity contribution is 7.99. The zero-order valence-electron chi connectivity index (χ0n) is 8.73. The highest BCUT2D eigenvalue weighted by Gasteiger charge is 1.92. The van der Waals surface area contributed by atoms with Crippen LogP contribution in [0.5, 0.6) is 0 Å². The van der Waals surface area contributed by atoms with Crippen molar-refractivity contribution >= 4 is 11.8 Å². The van der Waals surface area contributed by atoms with Gasteiger partial charge in [-0.25, -0.2) is 0 Å². The van der Waals surface area contributed by atoms with Crippen LogP contribution in [0.25, 0.3) is 0 Å². The van der Waals surface area contributed by atoms with Crippen molar-refractivity contribution in [2.24, 2.45) is 0 Å². The average Bonchev–Trinajstić information content (AvgIpc) is 2.02. The highest BCUT2D eigenvalue weighted by Crippen LogP contribution is 2.05. The number of nitrogens with one attached hydrogen (secondary N) is 1. The molecule has 0 aromatic rings. The lowest BCUT2D eigenvalue weighted by Gasteiger charge is -2.06. The second-order valence-corrected chi connectivity index (χ2v) is 4.65. The van der Waals surface area contributed by atoms with Crippen LogP contribution < -0.4 is 5.32 Å². The van der Waals surface area contributed by atoms with E-state index < -0.39 is 0 Å². The zero-order chi connectivity index (χ0) is 9.23. The topological polar surface area (TPSA) is 12.0 Å². The minimum atomic E-state index is 0.644. The van der Waals surface area contributed by atoms with Crippen LogP contribution in [0.4, 0.5) is 0 Å². The van der Waals surface area contributed by atoms with E-state index in [0.29, 0.717) is 6.04 Å². The molecule has 0 heterocycles.